The summed E-state index contributed by atoms with van der Waals surface area (Å²) in [6, 6.07) is 6.20. The Balaban J connectivity index is 2.90. The Hall–Kier alpha value is -0.720. The third kappa shape index (κ3) is 5.00. The van der Waals surface area contributed by atoms with Crippen LogP contribution < -0.4 is 0 Å². The van der Waals surface area contributed by atoms with Crippen LogP contribution in [0.3, 0.4) is 0 Å². The van der Waals surface area contributed by atoms with Gasteiger partial charge < -0.3 is 4.89 Å². The largest absolute Gasteiger partial charge is 0.354 e. The number of rotatable bonds is 7. The van der Waals surface area contributed by atoms with Gasteiger partial charge in [-0.2, -0.15) is 8.42 Å². The molecule has 1 N–H and O–H groups in total. The molecule has 1 unspecified atom stereocenters. The minimum absolute atomic E-state index is 0.124. The topological polar surface area (TPSA) is 89.9 Å². The van der Waals surface area contributed by atoms with Crippen LogP contribution in [0.25, 0.3) is 0 Å². The molecule has 1 aromatic rings. The minimum atomic E-state index is -4.20. The van der Waals surface area contributed by atoms with Gasteiger partial charge in [-0.15, -0.1) is 4.67 Å². The first kappa shape index (κ1) is 17.3. The van der Waals surface area contributed by atoms with Crippen molar-refractivity contribution in [3.8, 4) is 0 Å². The molecule has 1 atom stereocenters. The van der Waals surface area contributed by atoms with Gasteiger partial charge in [0.2, 0.25) is 0 Å². The SMILES string of the molecule is CCC(CC)c1ccc(S(=O)(=O)OOP(C)(=O)O)cc1. The molecular weight excluding hydrogens is 303 g/mol. The monoisotopic (exact) mass is 322 g/mol. The summed E-state index contributed by atoms with van der Waals surface area (Å²) in [5.74, 6) is 0.372. The summed E-state index contributed by atoms with van der Waals surface area (Å²) in [7, 11) is -8.22. The zero-order chi connectivity index (χ0) is 15.4. The summed E-state index contributed by atoms with van der Waals surface area (Å²) in [6.45, 7) is 4.96. The Bertz CT molecular complexity index is 570. The van der Waals surface area contributed by atoms with Crippen molar-refractivity contribution in [2.24, 2.45) is 0 Å². The van der Waals surface area contributed by atoms with Gasteiger partial charge >= 0.3 is 17.7 Å². The molecule has 114 valence electrons. The molecule has 0 aliphatic heterocycles. The summed E-state index contributed by atoms with van der Waals surface area (Å²) in [4.78, 5) is 8.73. The highest BCUT2D eigenvalue weighted by Crippen LogP contribution is 2.38. The maximum Gasteiger partial charge on any atom is 0.354 e. The van der Waals surface area contributed by atoms with Crippen LogP contribution in [-0.4, -0.2) is 20.0 Å². The van der Waals surface area contributed by atoms with Crippen molar-refractivity contribution in [1.82, 2.24) is 0 Å². The Morgan fingerprint density at radius 2 is 1.70 bits per heavy atom. The van der Waals surface area contributed by atoms with Gasteiger partial charge in [-0.05, 0) is 36.5 Å². The van der Waals surface area contributed by atoms with Gasteiger partial charge in [-0.1, -0.05) is 30.3 Å². The van der Waals surface area contributed by atoms with Crippen molar-refractivity contribution in [1.29, 1.82) is 0 Å². The molecule has 20 heavy (non-hydrogen) atoms. The first-order valence-corrected chi connectivity index (χ1v) is 9.66. The maximum absolute atomic E-state index is 11.7. The number of hydrogen-bond acceptors (Lipinski definition) is 5. The normalized spacial score (nSPS) is 15.2. The highest BCUT2D eigenvalue weighted by atomic mass is 32.2. The van der Waals surface area contributed by atoms with Crippen molar-refractivity contribution in [3.05, 3.63) is 29.8 Å². The molecule has 0 amide bonds. The van der Waals surface area contributed by atoms with Crippen LogP contribution in [0.15, 0.2) is 29.2 Å². The highest BCUT2D eigenvalue weighted by Gasteiger charge is 2.22. The van der Waals surface area contributed by atoms with E-state index in [0.717, 1.165) is 25.1 Å². The third-order valence-electron chi connectivity index (χ3n) is 2.88. The van der Waals surface area contributed by atoms with Crippen molar-refractivity contribution >= 4 is 17.7 Å². The van der Waals surface area contributed by atoms with Gasteiger partial charge in [0.25, 0.3) is 0 Å². The van der Waals surface area contributed by atoms with E-state index in [1.165, 1.54) is 12.1 Å². The second-order valence-electron chi connectivity index (χ2n) is 4.48. The van der Waals surface area contributed by atoms with E-state index in [4.69, 9.17) is 4.89 Å². The van der Waals surface area contributed by atoms with E-state index in [2.05, 4.69) is 22.9 Å². The molecule has 0 spiro atoms. The predicted octanol–water partition coefficient (Wildman–Crippen LogP) is 3.04. The lowest BCUT2D eigenvalue weighted by Gasteiger charge is -2.13. The fourth-order valence-electron chi connectivity index (χ4n) is 1.80. The summed E-state index contributed by atoms with van der Waals surface area (Å²) >= 11 is 0. The second kappa shape index (κ2) is 6.83. The fraction of sp³-hybridized carbons (Fsp3) is 0.500. The van der Waals surface area contributed by atoms with E-state index >= 15 is 0 Å². The molecule has 0 heterocycles. The average Bonchev–Trinajstić information content (AvgIpc) is 2.38. The van der Waals surface area contributed by atoms with Gasteiger partial charge in [0.05, 0.1) is 4.90 Å². The molecule has 1 aromatic carbocycles. The Labute approximate surface area is 119 Å². The molecule has 0 aliphatic carbocycles. The Kier molecular flexibility index (Phi) is 5.91. The summed E-state index contributed by atoms with van der Waals surface area (Å²) < 4.78 is 42.4. The van der Waals surface area contributed by atoms with Crippen molar-refractivity contribution in [2.75, 3.05) is 6.66 Å². The molecule has 6 nitrogen and oxygen atoms in total. The zero-order valence-corrected chi connectivity index (χ0v) is 13.4. The van der Waals surface area contributed by atoms with Crippen molar-refractivity contribution < 1.29 is 26.9 Å². The van der Waals surface area contributed by atoms with E-state index in [1.807, 2.05) is 0 Å². The van der Waals surface area contributed by atoms with Crippen molar-refractivity contribution in [3.63, 3.8) is 0 Å². The molecule has 0 aromatic heterocycles. The van der Waals surface area contributed by atoms with E-state index < -0.39 is 17.7 Å². The number of hydrogen-bond donors (Lipinski definition) is 1. The molecule has 0 aliphatic rings. The molecule has 8 heteroatoms. The Morgan fingerprint density at radius 1 is 1.20 bits per heavy atom. The summed E-state index contributed by atoms with van der Waals surface area (Å²) in [5, 5.41) is 0. The van der Waals surface area contributed by atoms with E-state index in [1.54, 1.807) is 12.1 Å². The fourth-order valence-corrected chi connectivity index (χ4v) is 3.12. The number of benzene rings is 1. The minimum Gasteiger partial charge on any atom is -0.323 e. The van der Waals surface area contributed by atoms with Gasteiger partial charge in [0, 0.05) is 6.66 Å². The first-order valence-electron chi connectivity index (χ1n) is 6.22. The van der Waals surface area contributed by atoms with E-state index in [0.29, 0.717) is 5.92 Å². The smallest absolute Gasteiger partial charge is 0.323 e. The second-order valence-corrected chi connectivity index (χ2v) is 7.75. The van der Waals surface area contributed by atoms with Crippen molar-refractivity contribution in [2.45, 2.75) is 37.5 Å². The average molecular weight is 322 g/mol. The molecule has 0 saturated carbocycles. The maximum atomic E-state index is 11.7. The van der Waals surface area contributed by atoms with Crippen LogP contribution in [0, 0.1) is 0 Å². The molecule has 0 radical (unpaired) electrons. The molecule has 0 fully saturated rings. The Morgan fingerprint density at radius 3 is 2.10 bits per heavy atom. The summed E-state index contributed by atoms with van der Waals surface area (Å²) in [6.07, 6.45) is 1.93. The van der Waals surface area contributed by atoms with Crippen LogP contribution in [0.2, 0.25) is 0 Å². The van der Waals surface area contributed by atoms with Gasteiger partial charge in [-0.25, -0.2) is 0 Å². The molecule has 0 bridgehead atoms. The lowest BCUT2D eigenvalue weighted by Crippen LogP contribution is -2.06. The van der Waals surface area contributed by atoms with E-state index in [9.17, 15) is 13.0 Å². The molecule has 1 rings (SSSR count). The van der Waals surface area contributed by atoms with Gasteiger partial charge in [-0.3, -0.25) is 4.57 Å². The summed E-state index contributed by atoms with van der Waals surface area (Å²) in [5.41, 5.74) is 1.04. The quantitative estimate of drug-likeness (QED) is 0.471. The lowest BCUT2D eigenvalue weighted by molar-refractivity contribution is -0.100. The highest BCUT2D eigenvalue weighted by molar-refractivity contribution is 7.86. The molecular formula is C12H19O6PS. The van der Waals surface area contributed by atoms with Crippen LogP contribution in [0.4, 0.5) is 0 Å². The predicted molar refractivity (Wildman–Crippen MR) is 74.9 cm³/mol. The first-order chi connectivity index (χ1) is 9.19. The van der Waals surface area contributed by atoms with Gasteiger partial charge in [0.1, 0.15) is 0 Å². The van der Waals surface area contributed by atoms with Gasteiger partial charge in [0.15, 0.2) is 0 Å². The van der Waals surface area contributed by atoms with Crippen LogP contribution in [0.1, 0.15) is 38.2 Å². The zero-order valence-electron chi connectivity index (χ0n) is 11.6. The van der Waals surface area contributed by atoms with Crippen LogP contribution >= 0.6 is 7.60 Å². The molecule has 0 saturated heterocycles. The lowest BCUT2D eigenvalue weighted by atomic mass is 9.94. The third-order valence-corrected chi connectivity index (χ3v) is 4.43. The van der Waals surface area contributed by atoms with E-state index in [-0.39, 0.29) is 4.90 Å². The standard InChI is InChI=1S/C12H19O6PS/c1-4-10(5-2)11-6-8-12(9-7-11)20(15,16)18-17-19(3,13)14/h6-10H,4-5H2,1-3H3,(H,13,14). The van der Waals surface area contributed by atoms with Crippen LogP contribution in [0.5, 0.6) is 0 Å². The van der Waals surface area contributed by atoms with Crippen LogP contribution in [-0.2, 0) is 23.7 Å².